The van der Waals surface area contributed by atoms with E-state index in [4.69, 9.17) is 4.74 Å². The molecule has 0 aliphatic heterocycles. The first-order valence-electron chi connectivity index (χ1n) is 5.99. The van der Waals surface area contributed by atoms with E-state index in [9.17, 15) is 14.5 Å². The fourth-order valence-electron chi connectivity index (χ4n) is 1.66. The fourth-order valence-corrected chi connectivity index (χ4v) is 2.42. The van der Waals surface area contributed by atoms with Crippen LogP contribution < -0.4 is 10.1 Å². The summed E-state index contributed by atoms with van der Waals surface area (Å²) in [5.74, 6) is 0.0596. The quantitative estimate of drug-likeness (QED) is 0.650. The van der Waals surface area contributed by atoms with Gasteiger partial charge in [0.05, 0.1) is 17.2 Å². The number of nitro groups is 1. The Kier molecular flexibility index (Phi) is 4.52. The minimum absolute atomic E-state index is 0.103. The SMILES string of the molecule is CCOc1cc(F)ccc1NCc1ccc([N+](=O)[O-])s1. The Bertz CT molecular complexity index is 615. The minimum Gasteiger partial charge on any atom is -0.492 e. The number of rotatable bonds is 6. The maximum atomic E-state index is 13.1. The molecule has 0 aliphatic rings. The third kappa shape index (κ3) is 3.45. The van der Waals surface area contributed by atoms with Crippen LogP contribution >= 0.6 is 11.3 Å². The number of nitrogens with zero attached hydrogens (tertiary/aromatic N) is 1. The van der Waals surface area contributed by atoms with Gasteiger partial charge in [0.15, 0.2) is 0 Å². The molecule has 0 spiro atoms. The van der Waals surface area contributed by atoms with Crippen LogP contribution in [-0.2, 0) is 6.54 Å². The van der Waals surface area contributed by atoms with E-state index in [0.29, 0.717) is 24.6 Å². The van der Waals surface area contributed by atoms with Gasteiger partial charge in [-0.05, 0) is 25.1 Å². The third-order valence-corrected chi connectivity index (χ3v) is 3.56. The van der Waals surface area contributed by atoms with Crippen LogP contribution in [0, 0.1) is 15.9 Å². The molecule has 7 heteroatoms. The van der Waals surface area contributed by atoms with Crippen LogP contribution in [-0.4, -0.2) is 11.5 Å². The van der Waals surface area contributed by atoms with Crippen molar-refractivity contribution in [3.8, 4) is 5.75 Å². The summed E-state index contributed by atoms with van der Waals surface area (Å²) in [6.45, 7) is 2.67. The molecule has 106 valence electrons. The number of ether oxygens (including phenoxy) is 1. The summed E-state index contributed by atoms with van der Waals surface area (Å²) < 4.78 is 18.5. The van der Waals surface area contributed by atoms with E-state index in [1.807, 2.05) is 6.92 Å². The van der Waals surface area contributed by atoms with E-state index >= 15 is 0 Å². The van der Waals surface area contributed by atoms with Gasteiger partial charge in [-0.2, -0.15) is 0 Å². The van der Waals surface area contributed by atoms with Gasteiger partial charge in [0.25, 0.3) is 0 Å². The summed E-state index contributed by atoms with van der Waals surface area (Å²) in [6.07, 6.45) is 0. The Balaban J connectivity index is 2.07. The van der Waals surface area contributed by atoms with E-state index in [0.717, 1.165) is 16.2 Å². The molecule has 0 aliphatic carbocycles. The molecule has 1 N–H and O–H groups in total. The Morgan fingerprint density at radius 3 is 2.85 bits per heavy atom. The van der Waals surface area contributed by atoms with Crippen molar-refractivity contribution < 1.29 is 14.1 Å². The van der Waals surface area contributed by atoms with Crippen molar-refractivity contribution in [1.82, 2.24) is 0 Å². The highest BCUT2D eigenvalue weighted by atomic mass is 32.1. The lowest BCUT2D eigenvalue weighted by molar-refractivity contribution is -0.380. The highest BCUT2D eigenvalue weighted by Gasteiger charge is 2.10. The van der Waals surface area contributed by atoms with Crippen LogP contribution in [0.5, 0.6) is 5.75 Å². The van der Waals surface area contributed by atoms with Crippen molar-refractivity contribution in [3.05, 3.63) is 51.1 Å². The van der Waals surface area contributed by atoms with Crippen molar-refractivity contribution in [2.75, 3.05) is 11.9 Å². The second kappa shape index (κ2) is 6.33. The van der Waals surface area contributed by atoms with Crippen molar-refractivity contribution >= 4 is 22.0 Å². The second-order valence-corrected chi connectivity index (χ2v) is 5.07. The van der Waals surface area contributed by atoms with Gasteiger partial charge in [-0.25, -0.2) is 4.39 Å². The molecule has 1 aromatic heterocycles. The standard InChI is InChI=1S/C13H13FN2O3S/c1-2-19-12-7-9(14)3-5-11(12)15-8-10-4-6-13(20-10)16(17)18/h3-7,15H,2,8H2,1H3. The molecular formula is C13H13FN2O3S. The van der Waals surface area contributed by atoms with Crippen molar-refractivity contribution in [2.45, 2.75) is 13.5 Å². The van der Waals surface area contributed by atoms with Gasteiger partial charge in [0.2, 0.25) is 0 Å². The largest absolute Gasteiger partial charge is 0.492 e. The van der Waals surface area contributed by atoms with Crippen molar-refractivity contribution in [3.63, 3.8) is 0 Å². The Labute approximate surface area is 119 Å². The lowest BCUT2D eigenvalue weighted by Crippen LogP contribution is -2.02. The molecule has 2 aromatic rings. The molecule has 5 nitrogen and oxygen atoms in total. The average Bonchev–Trinajstić information content (AvgIpc) is 2.87. The average molecular weight is 296 g/mol. The number of hydrogen-bond donors (Lipinski definition) is 1. The summed E-state index contributed by atoms with van der Waals surface area (Å²) >= 11 is 1.11. The van der Waals surface area contributed by atoms with Crippen molar-refractivity contribution in [1.29, 1.82) is 0 Å². The van der Waals surface area contributed by atoms with E-state index in [1.165, 1.54) is 18.2 Å². The highest BCUT2D eigenvalue weighted by molar-refractivity contribution is 7.15. The molecule has 20 heavy (non-hydrogen) atoms. The monoisotopic (exact) mass is 296 g/mol. The van der Waals surface area contributed by atoms with Crippen LogP contribution in [0.2, 0.25) is 0 Å². The van der Waals surface area contributed by atoms with Crippen molar-refractivity contribution in [2.24, 2.45) is 0 Å². The predicted molar refractivity (Wildman–Crippen MR) is 75.9 cm³/mol. The van der Waals surface area contributed by atoms with E-state index in [-0.39, 0.29) is 10.8 Å². The van der Waals surface area contributed by atoms with Crippen LogP contribution in [0.3, 0.4) is 0 Å². The zero-order valence-corrected chi connectivity index (χ0v) is 11.6. The van der Waals surface area contributed by atoms with E-state index in [2.05, 4.69) is 5.32 Å². The lowest BCUT2D eigenvalue weighted by Gasteiger charge is -2.11. The number of hydrogen-bond acceptors (Lipinski definition) is 5. The number of benzene rings is 1. The topological polar surface area (TPSA) is 64.4 Å². The predicted octanol–water partition coefficient (Wildman–Crippen LogP) is 3.81. The molecule has 0 fully saturated rings. The van der Waals surface area contributed by atoms with Gasteiger partial charge < -0.3 is 10.1 Å². The summed E-state index contributed by atoms with van der Waals surface area (Å²) in [4.78, 5) is 11.0. The number of anilines is 1. The first-order chi connectivity index (χ1) is 9.60. The summed E-state index contributed by atoms with van der Waals surface area (Å²) in [5, 5.41) is 13.8. The molecule has 2 rings (SSSR count). The second-order valence-electron chi connectivity index (χ2n) is 3.92. The zero-order valence-electron chi connectivity index (χ0n) is 10.8. The van der Waals surface area contributed by atoms with Crippen LogP contribution in [0.25, 0.3) is 0 Å². The summed E-state index contributed by atoms with van der Waals surface area (Å²) in [5.41, 5.74) is 0.657. The zero-order chi connectivity index (χ0) is 14.5. The van der Waals surface area contributed by atoms with E-state index in [1.54, 1.807) is 12.1 Å². The Morgan fingerprint density at radius 2 is 2.20 bits per heavy atom. The van der Waals surface area contributed by atoms with Crippen LogP contribution in [0.15, 0.2) is 30.3 Å². The van der Waals surface area contributed by atoms with Gasteiger partial charge in [-0.1, -0.05) is 11.3 Å². The Hall–Kier alpha value is -2.15. The molecule has 0 amide bonds. The molecule has 1 heterocycles. The van der Waals surface area contributed by atoms with Gasteiger partial charge in [-0.15, -0.1) is 0 Å². The summed E-state index contributed by atoms with van der Waals surface area (Å²) in [6, 6.07) is 7.39. The maximum Gasteiger partial charge on any atom is 0.324 e. The molecular weight excluding hydrogens is 283 g/mol. The van der Waals surface area contributed by atoms with Crippen LogP contribution in [0.1, 0.15) is 11.8 Å². The lowest BCUT2D eigenvalue weighted by atomic mass is 10.2. The molecule has 0 unspecified atom stereocenters. The maximum absolute atomic E-state index is 13.1. The molecule has 0 atom stereocenters. The van der Waals surface area contributed by atoms with E-state index < -0.39 is 4.92 Å². The van der Waals surface area contributed by atoms with Crippen LogP contribution in [0.4, 0.5) is 15.1 Å². The molecule has 0 radical (unpaired) electrons. The highest BCUT2D eigenvalue weighted by Crippen LogP contribution is 2.28. The van der Waals surface area contributed by atoms with Gasteiger partial charge in [0.1, 0.15) is 11.6 Å². The van der Waals surface area contributed by atoms with Gasteiger partial charge in [-0.3, -0.25) is 10.1 Å². The first kappa shape index (κ1) is 14.3. The number of thiophene rings is 1. The number of halogens is 1. The third-order valence-electron chi connectivity index (χ3n) is 2.52. The number of nitrogens with one attached hydrogen (secondary N) is 1. The first-order valence-corrected chi connectivity index (χ1v) is 6.81. The fraction of sp³-hybridized carbons (Fsp3) is 0.231. The van der Waals surface area contributed by atoms with Gasteiger partial charge in [0, 0.05) is 23.6 Å². The normalized spacial score (nSPS) is 10.3. The minimum atomic E-state index is -0.419. The molecule has 0 saturated carbocycles. The molecule has 0 saturated heterocycles. The Morgan fingerprint density at radius 1 is 1.40 bits per heavy atom. The molecule has 1 aromatic carbocycles. The smallest absolute Gasteiger partial charge is 0.324 e. The molecule has 0 bridgehead atoms. The summed E-state index contributed by atoms with van der Waals surface area (Å²) in [7, 11) is 0. The van der Waals surface area contributed by atoms with Gasteiger partial charge >= 0.3 is 5.00 Å².